The second-order valence-electron chi connectivity index (χ2n) is 4.47. The zero-order valence-corrected chi connectivity index (χ0v) is 12.4. The van der Waals surface area contributed by atoms with E-state index in [4.69, 9.17) is 18.0 Å². The summed E-state index contributed by atoms with van der Waals surface area (Å²) in [7, 11) is 1.11. The summed E-state index contributed by atoms with van der Waals surface area (Å²) < 4.78 is 11.2. The first-order valence-electron chi connectivity index (χ1n) is 6.08. The molecule has 0 radical (unpaired) electrons. The zero-order valence-electron chi connectivity index (χ0n) is 10.8. The summed E-state index contributed by atoms with van der Waals surface area (Å²) in [6.07, 6.45) is 1.07. The van der Waals surface area contributed by atoms with Gasteiger partial charge in [-0.25, -0.2) is 0 Å². The minimum absolute atomic E-state index is 0.109. The van der Waals surface area contributed by atoms with Crippen LogP contribution in [0.15, 0.2) is 0 Å². The number of hydrogen-bond donors (Lipinski definition) is 1. The zero-order chi connectivity index (χ0) is 13.5. The average Bonchev–Trinajstić information content (AvgIpc) is 2.34. The molecule has 0 saturated carbocycles. The van der Waals surface area contributed by atoms with Crippen molar-refractivity contribution in [1.82, 2.24) is 9.80 Å². The van der Waals surface area contributed by atoms with Crippen LogP contribution in [0.4, 0.5) is 0 Å². The highest BCUT2D eigenvalue weighted by molar-refractivity contribution is 7.85. The van der Waals surface area contributed by atoms with Gasteiger partial charge in [0.05, 0.1) is 4.99 Å². The third kappa shape index (κ3) is 5.88. The minimum Gasteiger partial charge on any atom is -0.393 e. The Hall–Kier alpha value is -0.530. The lowest BCUT2D eigenvalue weighted by molar-refractivity contribution is -0.130. The van der Waals surface area contributed by atoms with Crippen LogP contribution in [0.25, 0.3) is 0 Å². The molecule has 0 bridgehead atoms. The summed E-state index contributed by atoms with van der Waals surface area (Å²) in [5.41, 5.74) is 5.40. The summed E-state index contributed by atoms with van der Waals surface area (Å²) in [4.78, 5) is 16.1. The van der Waals surface area contributed by atoms with Gasteiger partial charge >= 0.3 is 0 Å². The number of nitrogens with two attached hydrogens (primary N) is 1. The first kappa shape index (κ1) is 15.5. The number of nitrogens with zero attached hydrogens (tertiary/aromatic N) is 2. The number of rotatable bonds is 6. The van der Waals surface area contributed by atoms with E-state index in [-0.39, 0.29) is 5.91 Å². The van der Waals surface area contributed by atoms with E-state index in [1.807, 2.05) is 0 Å². The molecule has 0 aromatic heterocycles. The number of thiocarbonyl (C=S) groups is 1. The number of carbonyl (C=O) groups is 1. The maximum Gasteiger partial charge on any atom is 0.223 e. The van der Waals surface area contributed by atoms with E-state index in [1.165, 1.54) is 0 Å². The Labute approximate surface area is 116 Å². The van der Waals surface area contributed by atoms with Gasteiger partial charge in [0.15, 0.2) is 0 Å². The smallest absolute Gasteiger partial charge is 0.223 e. The van der Waals surface area contributed by atoms with Crippen molar-refractivity contribution in [2.45, 2.75) is 12.8 Å². The van der Waals surface area contributed by atoms with Crippen LogP contribution in [0.3, 0.4) is 0 Å². The van der Waals surface area contributed by atoms with Crippen molar-refractivity contribution in [2.24, 2.45) is 5.73 Å². The van der Waals surface area contributed by atoms with Crippen LogP contribution >= 0.6 is 12.2 Å². The van der Waals surface area contributed by atoms with Crippen LogP contribution in [0.2, 0.25) is 0 Å². The fraction of sp³-hybridized carbons (Fsp3) is 0.818. The van der Waals surface area contributed by atoms with Gasteiger partial charge in [0.2, 0.25) is 5.91 Å². The number of hydrogen-bond acceptors (Lipinski definition) is 4. The van der Waals surface area contributed by atoms with Crippen LogP contribution in [0.5, 0.6) is 0 Å². The maximum atomic E-state index is 11.8. The number of amides is 1. The highest BCUT2D eigenvalue weighted by Crippen LogP contribution is 2.02. The molecular formula is C11H21N3O2S2. The Balaban J connectivity index is 2.19. The second-order valence-corrected chi connectivity index (χ2v) is 6.69. The van der Waals surface area contributed by atoms with Crippen LogP contribution in [0.1, 0.15) is 12.8 Å². The van der Waals surface area contributed by atoms with E-state index >= 15 is 0 Å². The van der Waals surface area contributed by atoms with Gasteiger partial charge < -0.3 is 15.5 Å². The quantitative estimate of drug-likeness (QED) is 0.673. The summed E-state index contributed by atoms with van der Waals surface area (Å²) in [5, 5.41) is 0. The van der Waals surface area contributed by atoms with E-state index in [2.05, 4.69) is 4.90 Å². The molecule has 1 fully saturated rings. The van der Waals surface area contributed by atoms with E-state index in [9.17, 15) is 9.00 Å². The lowest BCUT2D eigenvalue weighted by Crippen LogP contribution is -2.40. The SMILES string of the molecule is CN(CCC(N)=S)C(=O)CCN1CCS(=O)CC1. The fourth-order valence-electron chi connectivity index (χ4n) is 1.75. The molecule has 0 unspecified atom stereocenters. The Kier molecular flexibility index (Phi) is 6.73. The molecular weight excluding hydrogens is 270 g/mol. The Morgan fingerprint density at radius 2 is 2.00 bits per heavy atom. The molecule has 0 aromatic rings. The highest BCUT2D eigenvalue weighted by atomic mass is 32.2. The monoisotopic (exact) mass is 291 g/mol. The fourth-order valence-corrected chi connectivity index (χ4v) is 2.97. The van der Waals surface area contributed by atoms with Crippen LogP contribution in [0, 0.1) is 0 Å². The molecule has 0 aliphatic carbocycles. The molecule has 18 heavy (non-hydrogen) atoms. The molecule has 7 heteroatoms. The molecule has 104 valence electrons. The van der Waals surface area contributed by atoms with Crippen molar-refractivity contribution in [3.8, 4) is 0 Å². The molecule has 5 nitrogen and oxygen atoms in total. The second kappa shape index (κ2) is 7.81. The van der Waals surface area contributed by atoms with Crippen molar-refractivity contribution in [1.29, 1.82) is 0 Å². The molecule has 0 atom stereocenters. The summed E-state index contributed by atoms with van der Waals surface area (Å²) in [6, 6.07) is 0. The predicted molar refractivity (Wildman–Crippen MR) is 78.0 cm³/mol. The average molecular weight is 291 g/mol. The van der Waals surface area contributed by atoms with Crippen LogP contribution in [-0.2, 0) is 15.6 Å². The molecule has 1 saturated heterocycles. The van der Waals surface area contributed by atoms with Crippen molar-refractivity contribution in [2.75, 3.05) is 44.7 Å². The third-order valence-corrected chi connectivity index (χ3v) is 4.51. The van der Waals surface area contributed by atoms with E-state index in [1.54, 1.807) is 11.9 Å². The predicted octanol–water partition coefficient (Wildman–Crippen LogP) is -0.425. The first-order chi connectivity index (χ1) is 8.49. The summed E-state index contributed by atoms with van der Waals surface area (Å²) >= 11 is 4.78. The first-order valence-corrected chi connectivity index (χ1v) is 7.98. The molecule has 1 aliphatic rings. The van der Waals surface area contributed by atoms with Crippen LogP contribution in [-0.4, -0.2) is 69.6 Å². The minimum atomic E-state index is -0.658. The molecule has 1 rings (SSSR count). The van der Waals surface area contributed by atoms with Gasteiger partial charge in [-0.3, -0.25) is 9.00 Å². The van der Waals surface area contributed by atoms with Gasteiger partial charge in [-0.05, 0) is 0 Å². The largest absolute Gasteiger partial charge is 0.393 e. The summed E-state index contributed by atoms with van der Waals surface area (Å²) in [5.74, 6) is 1.56. The Morgan fingerprint density at radius 1 is 1.39 bits per heavy atom. The van der Waals surface area contributed by atoms with E-state index in [0.717, 1.165) is 31.1 Å². The Bertz CT molecular complexity index is 326. The van der Waals surface area contributed by atoms with Gasteiger partial charge in [-0.2, -0.15) is 0 Å². The van der Waals surface area contributed by atoms with E-state index in [0.29, 0.717) is 24.4 Å². The summed E-state index contributed by atoms with van der Waals surface area (Å²) in [6.45, 7) is 2.98. The maximum absolute atomic E-state index is 11.8. The standard InChI is InChI=1S/C11H21N3O2S2/c1-13(4-2-10(12)17)11(15)3-5-14-6-8-18(16)9-7-14/h2-9H2,1H3,(H2,12,17). The van der Waals surface area contributed by atoms with Crippen molar-refractivity contribution in [3.05, 3.63) is 0 Å². The highest BCUT2D eigenvalue weighted by Gasteiger charge is 2.16. The molecule has 2 N–H and O–H groups in total. The van der Waals surface area contributed by atoms with Crippen molar-refractivity contribution >= 4 is 33.9 Å². The molecule has 0 spiro atoms. The van der Waals surface area contributed by atoms with Gasteiger partial charge in [0.25, 0.3) is 0 Å². The third-order valence-electron chi connectivity index (χ3n) is 3.03. The molecule has 1 amide bonds. The van der Waals surface area contributed by atoms with E-state index < -0.39 is 10.8 Å². The molecule has 1 heterocycles. The van der Waals surface area contributed by atoms with Gasteiger partial charge in [0, 0.05) is 68.4 Å². The topological polar surface area (TPSA) is 66.6 Å². The van der Waals surface area contributed by atoms with Crippen LogP contribution < -0.4 is 5.73 Å². The molecule has 0 aromatic carbocycles. The Morgan fingerprint density at radius 3 is 2.56 bits per heavy atom. The normalized spacial score (nSPS) is 17.6. The van der Waals surface area contributed by atoms with Gasteiger partial charge in [-0.1, -0.05) is 12.2 Å². The van der Waals surface area contributed by atoms with Crippen molar-refractivity contribution in [3.63, 3.8) is 0 Å². The van der Waals surface area contributed by atoms with Crippen molar-refractivity contribution < 1.29 is 9.00 Å². The number of carbonyl (C=O) groups excluding carboxylic acids is 1. The molecule has 1 aliphatic heterocycles. The lowest BCUT2D eigenvalue weighted by atomic mass is 10.3. The lowest BCUT2D eigenvalue weighted by Gasteiger charge is -2.26. The van der Waals surface area contributed by atoms with Gasteiger partial charge in [0.1, 0.15) is 0 Å². The van der Waals surface area contributed by atoms with Gasteiger partial charge in [-0.15, -0.1) is 0 Å².